The maximum Gasteiger partial charge on any atom is 0.227 e. The first-order valence-corrected chi connectivity index (χ1v) is 9.16. The Morgan fingerprint density at radius 3 is 2.57 bits per heavy atom. The highest BCUT2D eigenvalue weighted by atomic mass is 35.5. The van der Waals surface area contributed by atoms with Gasteiger partial charge in [-0.05, 0) is 66.2 Å². The number of oxazole rings is 1. The van der Waals surface area contributed by atoms with Gasteiger partial charge in [0, 0.05) is 21.8 Å². The molecular formula is C22H13Cl2FN2O. The van der Waals surface area contributed by atoms with E-state index in [0.29, 0.717) is 32.6 Å². The van der Waals surface area contributed by atoms with Gasteiger partial charge >= 0.3 is 0 Å². The molecule has 0 amide bonds. The van der Waals surface area contributed by atoms with Crippen LogP contribution in [-0.2, 0) is 0 Å². The van der Waals surface area contributed by atoms with Gasteiger partial charge in [0.15, 0.2) is 5.58 Å². The summed E-state index contributed by atoms with van der Waals surface area (Å²) >= 11 is 12.0. The number of hydrogen-bond acceptors (Lipinski definition) is 3. The molecule has 1 aromatic heterocycles. The zero-order chi connectivity index (χ0) is 19.5. The first-order chi connectivity index (χ1) is 13.6. The van der Waals surface area contributed by atoms with E-state index in [4.69, 9.17) is 27.6 Å². The Morgan fingerprint density at radius 2 is 1.79 bits per heavy atom. The fourth-order valence-electron chi connectivity index (χ4n) is 2.62. The molecule has 0 aliphatic carbocycles. The third-order valence-electron chi connectivity index (χ3n) is 4.01. The number of hydrogen-bond donors (Lipinski definition) is 0. The molecule has 0 spiro atoms. The minimum absolute atomic E-state index is 0.301. The molecule has 0 aliphatic heterocycles. The molecule has 0 unspecified atom stereocenters. The SMILES string of the molecule is Fc1ccc(-c2nc3cc(N=CC=Cc4ccc(Cl)cc4Cl)ccc3o2)cc1. The van der Waals surface area contributed by atoms with Gasteiger partial charge in [-0.1, -0.05) is 35.3 Å². The summed E-state index contributed by atoms with van der Waals surface area (Å²) < 4.78 is 18.8. The first kappa shape index (κ1) is 18.4. The average molecular weight is 411 g/mol. The van der Waals surface area contributed by atoms with Crippen molar-refractivity contribution in [3.05, 3.63) is 88.2 Å². The van der Waals surface area contributed by atoms with Gasteiger partial charge in [0.05, 0.1) is 5.69 Å². The summed E-state index contributed by atoms with van der Waals surface area (Å²) in [7, 11) is 0. The summed E-state index contributed by atoms with van der Waals surface area (Å²) in [5.74, 6) is 0.137. The van der Waals surface area contributed by atoms with Crippen molar-refractivity contribution in [1.29, 1.82) is 0 Å². The summed E-state index contributed by atoms with van der Waals surface area (Å²) in [6.45, 7) is 0. The molecule has 4 aromatic rings. The quantitative estimate of drug-likeness (QED) is 0.329. The number of allylic oxidation sites excluding steroid dienone is 1. The Morgan fingerprint density at radius 1 is 0.964 bits per heavy atom. The number of aliphatic imine (C=N–C) groups is 1. The van der Waals surface area contributed by atoms with Crippen molar-refractivity contribution in [1.82, 2.24) is 4.98 Å². The van der Waals surface area contributed by atoms with Crippen LogP contribution < -0.4 is 0 Å². The number of rotatable bonds is 4. The zero-order valence-corrected chi connectivity index (χ0v) is 16.0. The van der Waals surface area contributed by atoms with Crippen molar-refractivity contribution in [2.75, 3.05) is 0 Å². The van der Waals surface area contributed by atoms with E-state index in [1.165, 1.54) is 12.1 Å². The summed E-state index contributed by atoms with van der Waals surface area (Å²) in [5.41, 5.74) is 3.62. The standard InChI is InChI=1S/C22H13Cl2FN2O/c23-16-6-3-14(19(24)12-16)2-1-11-26-18-9-10-21-20(13-18)27-22(28-21)15-4-7-17(25)8-5-15/h1-13H. The molecular weight excluding hydrogens is 398 g/mol. The van der Waals surface area contributed by atoms with Crippen molar-refractivity contribution in [2.24, 2.45) is 4.99 Å². The second-order valence-corrected chi connectivity index (χ2v) is 6.82. The average Bonchev–Trinajstić information content (AvgIpc) is 3.10. The maximum absolute atomic E-state index is 13.1. The zero-order valence-electron chi connectivity index (χ0n) is 14.4. The van der Waals surface area contributed by atoms with E-state index in [9.17, 15) is 4.39 Å². The van der Waals surface area contributed by atoms with Crippen molar-refractivity contribution in [3.8, 4) is 11.5 Å². The highest BCUT2D eigenvalue weighted by molar-refractivity contribution is 6.35. The summed E-state index contributed by atoms with van der Waals surface area (Å²) in [4.78, 5) is 8.86. The van der Waals surface area contributed by atoms with E-state index in [-0.39, 0.29) is 5.82 Å². The molecule has 3 nitrogen and oxygen atoms in total. The van der Waals surface area contributed by atoms with Crippen LogP contribution in [0.15, 0.2) is 76.1 Å². The van der Waals surface area contributed by atoms with Gasteiger partial charge in [-0.25, -0.2) is 9.37 Å². The number of fused-ring (bicyclic) bond motifs is 1. The van der Waals surface area contributed by atoms with Crippen LogP contribution in [0.5, 0.6) is 0 Å². The second kappa shape index (κ2) is 7.97. The van der Waals surface area contributed by atoms with E-state index in [1.54, 1.807) is 36.6 Å². The minimum atomic E-state index is -0.301. The van der Waals surface area contributed by atoms with Crippen molar-refractivity contribution < 1.29 is 8.81 Å². The van der Waals surface area contributed by atoms with Gasteiger partial charge < -0.3 is 4.42 Å². The van der Waals surface area contributed by atoms with Gasteiger partial charge in [-0.15, -0.1) is 0 Å². The van der Waals surface area contributed by atoms with Crippen LogP contribution in [0.3, 0.4) is 0 Å². The smallest absolute Gasteiger partial charge is 0.227 e. The van der Waals surface area contributed by atoms with Crippen LogP contribution in [0.2, 0.25) is 10.0 Å². The molecule has 0 aliphatic rings. The van der Waals surface area contributed by atoms with Crippen molar-refractivity contribution in [3.63, 3.8) is 0 Å². The molecule has 138 valence electrons. The topological polar surface area (TPSA) is 38.4 Å². The molecule has 1 heterocycles. The van der Waals surface area contributed by atoms with E-state index < -0.39 is 0 Å². The van der Waals surface area contributed by atoms with E-state index in [2.05, 4.69) is 9.98 Å². The van der Waals surface area contributed by atoms with Gasteiger partial charge in [0.25, 0.3) is 0 Å². The van der Waals surface area contributed by atoms with E-state index >= 15 is 0 Å². The fourth-order valence-corrected chi connectivity index (χ4v) is 3.10. The predicted octanol–water partition coefficient (Wildman–Crippen LogP) is 7.36. The van der Waals surface area contributed by atoms with Gasteiger partial charge in [-0.2, -0.15) is 0 Å². The molecule has 28 heavy (non-hydrogen) atoms. The van der Waals surface area contributed by atoms with Crippen LogP contribution >= 0.6 is 23.2 Å². The van der Waals surface area contributed by atoms with Crippen molar-refractivity contribution >= 4 is 52.3 Å². The van der Waals surface area contributed by atoms with Crippen LogP contribution in [0.4, 0.5) is 10.1 Å². The lowest BCUT2D eigenvalue weighted by Crippen LogP contribution is -1.78. The lowest BCUT2D eigenvalue weighted by atomic mass is 10.2. The van der Waals surface area contributed by atoms with Gasteiger partial charge in [0.1, 0.15) is 11.3 Å². The number of benzene rings is 3. The third-order valence-corrected chi connectivity index (χ3v) is 4.57. The summed E-state index contributed by atoms with van der Waals surface area (Å²) in [5, 5.41) is 1.17. The van der Waals surface area contributed by atoms with Gasteiger partial charge in [-0.3, -0.25) is 4.99 Å². The van der Waals surface area contributed by atoms with Gasteiger partial charge in [0.2, 0.25) is 5.89 Å². The number of halogens is 3. The fraction of sp³-hybridized carbons (Fsp3) is 0. The normalized spacial score (nSPS) is 11.8. The monoisotopic (exact) mass is 410 g/mol. The lowest BCUT2D eigenvalue weighted by Gasteiger charge is -1.97. The summed E-state index contributed by atoms with van der Waals surface area (Å²) in [6.07, 6.45) is 5.32. The molecule has 6 heteroatoms. The molecule has 0 bridgehead atoms. The molecule has 0 atom stereocenters. The molecule has 0 fully saturated rings. The molecule has 0 radical (unpaired) electrons. The highest BCUT2D eigenvalue weighted by Crippen LogP contribution is 2.27. The Labute approximate surface area is 170 Å². The minimum Gasteiger partial charge on any atom is -0.436 e. The van der Waals surface area contributed by atoms with E-state index in [1.807, 2.05) is 30.3 Å². The van der Waals surface area contributed by atoms with Crippen molar-refractivity contribution in [2.45, 2.75) is 0 Å². The van der Waals surface area contributed by atoms with Crippen LogP contribution in [0.25, 0.3) is 28.6 Å². The Hall–Kier alpha value is -2.95. The Bertz CT molecular complexity index is 1200. The molecule has 0 saturated carbocycles. The first-order valence-electron chi connectivity index (χ1n) is 8.41. The largest absolute Gasteiger partial charge is 0.436 e. The molecule has 3 aromatic carbocycles. The summed E-state index contributed by atoms with van der Waals surface area (Å²) in [6, 6.07) is 16.8. The lowest BCUT2D eigenvalue weighted by molar-refractivity contribution is 0.616. The maximum atomic E-state index is 13.1. The number of nitrogens with zero attached hydrogens (tertiary/aromatic N) is 2. The predicted molar refractivity (Wildman–Crippen MR) is 113 cm³/mol. The Balaban J connectivity index is 1.53. The Kier molecular flexibility index (Phi) is 5.24. The number of aromatic nitrogens is 1. The molecule has 0 N–H and O–H groups in total. The molecule has 4 rings (SSSR count). The highest BCUT2D eigenvalue weighted by Gasteiger charge is 2.08. The van der Waals surface area contributed by atoms with E-state index in [0.717, 1.165) is 11.3 Å². The van der Waals surface area contributed by atoms with Crippen LogP contribution in [0.1, 0.15) is 5.56 Å². The van der Waals surface area contributed by atoms with Crippen LogP contribution in [-0.4, -0.2) is 11.2 Å². The third kappa shape index (κ3) is 4.14. The van der Waals surface area contributed by atoms with Crippen LogP contribution in [0, 0.1) is 5.82 Å². The molecule has 0 saturated heterocycles. The second-order valence-electron chi connectivity index (χ2n) is 5.98.